The van der Waals surface area contributed by atoms with E-state index in [1.54, 1.807) is 0 Å². The maximum absolute atomic E-state index is 11.2. The summed E-state index contributed by atoms with van der Waals surface area (Å²) in [7, 11) is 0. The SMILES string of the molecule is N[C@]1(C(O)CC2c3ccccc3-c3cncn32)CC[C@H](OCc2ccccc2)CC1. The number of benzene rings is 2. The van der Waals surface area contributed by atoms with Crippen molar-refractivity contribution in [2.45, 2.75) is 62.5 Å². The van der Waals surface area contributed by atoms with Crippen LogP contribution in [0.4, 0.5) is 0 Å². The molecule has 0 spiro atoms. The third kappa shape index (κ3) is 3.58. The molecule has 5 nitrogen and oxygen atoms in total. The van der Waals surface area contributed by atoms with Crippen LogP contribution < -0.4 is 5.73 Å². The average Bonchev–Trinajstić information content (AvgIpc) is 3.37. The van der Waals surface area contributed by atoms with Crippen molar-refractivity contribution < 1.29 is 9.84 Å². The van der Waals surface area contributed by atoms with E-state index in [9.17, 15) is 5.11 Å². The molecule has 30 heavy (non-hydrogen) atoms. The van der Waals surface area contributed by atoms with Gasteiger partial charge in [-0.25, -0.2) is 4.98 Å². The van der Waals surface area contributed by atoms with Gasteiger partial charge in [-0.2, -0.15) is 0 Å². The standard InChI is InChI=1S/C25H29N3O2/c26-25(12-10-19(11-13-25)30-16-18-6-2-1-3-7-18)24(29)14-22-20-8-4-5-9-21(20)23-15-27-17-28(22)23/h1-9,15,17,19,22,24,29H,10-14,16,26H2/t19-,22?,24?,25+. The molecule has 1 aliphatic carbocycles. The molecule has 1 aliphatic heterocycles. The summed E-state index contributed by atoms with van der Waals surface area (Å²) in [5, 5.41) is 11.2. The van der Waals surface area contributed by atoms with Crippen molar-refractivity contribution >= 4 is 0 Å². The fraction of sp³-hybridized carbons (Fsp3) is 0.400. The molecular formula is C25H29N3O2. The number of fused-ring (bicyclic) bond motifs is 3. The van der Waals surface area contributed by atoms with Crippen LogP contribution in [0.5, 0.6) is 0 Å². The summed E-state index contributed by atoms with van der Waals surface area (Å²) in [5.41, 5.74) is 10.9. The summed E-state index contributed by atoms with van der Waals surface area (Å²) < 4.78 is 8.28. The highest BCUT2D eigenvalue weighted by Crippen LogP contribution is 2.43. The molecule has 0 amide bonds. The highest BCUT2D eigenvalue weighted by molar-refractivity contribution is 5.68. The fourth-order valence-electron chi connectivity index (χ4n) is 5.04. The maximum atomic E-state index is 11.2. The summed E-state index contributed by atoms with van der Waals surface area (Å²) in [5.74, 6) is 0. The number of nitrogens with zero attached hydrogens (tertiary/aromatic N) is 2. The minimum Gasteiger partial charge on any atom is -0.391 e. The van der Waals surface area contributed by atoms with Crippen molar-refractivity contribution in [2.24, 2.45) is 5.73 Å². The van der Waals surface area contributed by atoms with E-state index in [0.29, 0.717) is 13.0 Å². The van der Waals surface area contributed by atoms with Crippen LogP contribution in [0.15, 0.2) is 67.1 Å². The molecule has 3 aromatic rings. The molecule has 2 unspecified atom stereocenters. The first-order valence-corrected chi connectivity index (χ1v) is 10.9. The molecule has 1 aromatic heterocycles. The van der Waals surface area contributed by atoms with E-state index in [1.165, 1.54) is 16.7 Å². The molecule has 1 fully saturated rings. The molecule has 2 heterocycles. The molecular weight excluding hydrogens is 374 g/mol. The number of aliphatic hydroxyl groups excluding tert-OH is 1. The molecule has 0 saturated heterocycles. The Labute approximate surface area is 177 Å². The zero-order valence-electron chi connectivity index (χ0n) is 17.2. The van der Waals surface area contributed by atoms with Crippen molar-refractivity contribution in [3.8, 4) is 11.3 Å². The predicted octanol–water partition coefficient (Wildman–Crippen LogP) is 4.06. The molecule has 3 N–H and O–H groups in total. The quantitative estimate of drug-likeness (QED) is 0.651. The second-order valence-electron chi connectivity index (χ2n) is 8.77. The summed E-state index contributed by atoms with van der Waals surface area (Å²) in [6.07, 6.45) is 7.34. The van der Waals surface area contributed by atoms with Gasteiger partial charge in [0.15, 0.2) is 0 Å². The number of ether oxygens (including phenoxy) is 1. The van der Waals surface area contributed by atoms with Crippen molar-refractivity contribution in [1.82, 2.24) is 9.55 Å². The minimum atomic E-state index is -0.570. The summed E-state index contributed by atoms with van der Waals surface area (Å²) in [4.78, 5) is 4.32. The average molecular weight is 404 g/mol. The number of aromatic nitrogens is 2. The van der Waals surface area contributed by atoms with E-state index in [-0.39, 0.29) is 12.1 Å². The van der Waals surface area contributed by atoms with Gasteiger partial charge in [-0.1, -0.05) is 54.6 Å². The number of nitrogens with two attached hydrogens (primary N) is 1. The van der Waals surface area contributed by atoms with E-state index >= 15 is 0 Å². The Bertz CT molecular complexity index is 992. The van der Waals surface area contributed by atoms with Crippen molar-refractivity contribution in [3.05, 3.63) is 78.2 Å². The predicted molar refractivity (Wildman–Crippen MR) is 117 cm³/mol. The number of hydrogen-bond acceptors (Lipinski definition) is 4. The number of rotatable bonds is 6. The number of aliphatic hydroxyl groups is 1. The molecule has 1 saturated carbocycles. The van der Waals surface area contributed by atoms with E-state index in [1.807, 2.05) is 30.7 Å². The van der Waals surface area contributed by atoms with Crippen molar-refractivity contribution in [1.29, 1.82) is 0 Å². The lowest BCUT2D eigenvalue weighted by Gasteiger charge is -2.41. The lowest BCUT2D eigenvalue weighted by molar-refractivity contribution is -0.0267. The van der Waals surface area contributed by atoms with E-state index < -0.39 is 11.6 Å². The van der Waals surface area contributed by atoms with Gasteiger partial charge < -0.3 is 20.1 Å². The van der Waals surface area contributed by atoms with Gasteiger partial charge in [0.05, 0.1) is 43.1 Å². The Hall–Kier alpha value is -2.47. The summed E-state index contributed by atoms with van der Waals surface area (Å²) in [6.45, 7) is 0.633. The molecule has 2 atom stereocenters. The van der Waals surface area contributed by atoms with Gasteiger partial charge in [0.2, 0.25) is 0 Å². The van der Waals surface area contributed by atoms with Crippen LogP contribution in [-0.2, 0) is 11.3 Å². The van der Waals surface area contributed by atoms with Gasteiger partial charge in [-0.15, -0.1) is 0 Å². The van der Waals surface area contributed by atoms with E-state index in [2.05, 4.69) is 45.9 Å². The largest absolute Gasteiger partial charge is 0.391 e. The van der Waals surface area contributed by atoms with Crippen LogP contribution in [0.1, 0.15) is 49.3 Å². The molecule has 5 heteroatoms. The molecule has 156 valence electrons. The Balaban J connectivity index is 1.22. The lowest BCUT2D eigenvalue weighted by atomic mass is 9.75. The van der Waals surface area contributed by atoms with Gasteiger partial charge >= 0.3 is 0 Å². The molecule has 0 radical (unpaired) electrons. The molecule has 0 bridgehead atoms. The summed E-state index contributed by atoms with van der Waals surface area (Å²) >= 11 is 0. The zero-order chi connectivity index (χ0) is 20.6. The molecule has 2 aliphatic rings. The number of hydrogen-bond donors (Lipinski definition) is 2. The van der Waals surface area contributed by atoms with Crippen LogP contribution in [-0.4, -0.2) is 32.4 Å². The third-order valence-electron chi connectivity index (χ3n) is 6.90. The third-order valence-corrected chi connectivity index (χ3v) is 6.90. The van der Waals surface area contributed by atoms with Crippen LogP contribution >= 0.6 is 0 Å². The Morgan fingerprint density at radius 1 is 1.10 bits per heavy atom. The molecule has 5 rings (SSSR count). The van der Waals surface area contributed by atoms with Crippen molar-refractivity contribution in [3.63, 3.8) is 0 Å². The van der Waals surface area contributed by atoms with E-state index in [4.69, 9.17) is 10.5 Å². The highest BCUT2D eigenvalue weighted by Gasteiger charge is 2.41. The van der Waals surface area contributed by atoms with Gasteiger partial charge in [-0.05, 0) is 36.8 Å². The lowest BCUT2D eigenvalue weighted by Crippen LogP contribution is -2.54. The second kappa shape index (κ2) is 7.99. The monoisotopic (exact) mass is 403 g/mol. The van der Waals surface area contributed by atoms with Gasteiger partial charge in [0.25, 0.3) is 0 Å². The Kier molecular flexibility index (Phi) is 5.19. The fourth-order valence-corrected chi connectivity index (χ4v) is 5.04. The normalized spacial score (nSPS) is 26.2. The first-order chi connectivity index (χ1) is 14.6. The molecule has 2 aromatic carbocycles. The topological polar surface area (TPSA) is 73.3 Å². The van der Waals surface area contributed by atoms with Crippen LogP contribution in [0.3, 0.4) is 0 Å². The van der Waals surface area contributed by atoms with Gasteiger partial charge in [0, 0.05) is 17.5 Å². The smallest absolute Gasteiger partial charge is 0.0956 e. The van der Waals surface area contributed by atoms with Gasteiger partial charge in [0.1, 0.15) is 0 Å². The highest BCUT2D eigenvalue weighted by atomic mass is 16.5. The van der Waals surface area contributed by atoms with Crippen molar-refractivity contribution in [2.75, 3.05) is 0 Å². The minimum absolute atomic E-state index is 0.0844. The number of imidazole rings is 1. The van der Waals surface area contributed by atoms with Crippen LogP contribution in [0.25, 0.3) is 11.3 Å². The summed E-state index contributed by atoms with van der Waals surface area (Å²) in [6, 6.07) is 18.7. The Morgan fingerprint density at radius 2 is 1.83 bits per heavy atom. The van der Waals surface area contributed by atoms with E-state index in [0.717, 1.165) is 31.4 Å². The van der Waals surface area contributed by atoms with Crippen LogP contribution in [0, 0.1) is 0 Å². The van der Waals surface area contributed by atoms with Gasteiger partial charge in [-0.3, -0.25) is 0 Å². The van der Waals surface area contributed by atoms with Crippen LogP contribution in [0.2, 0.25) is 0 Å². The maximum Gasteiger partial charge on any atom is 0.0956 e. The zero-order valence-corrected chi connectivity index (χ0v) is 17.2. The Morgan fingerprint density at radius 3 is 2.63 bits per heavy atom. The first kappa shape index (κ1) is 19.5. The first-order valence-electron chi connectivity index (χ1n) is 10.9. The second-order valence-corrected chi connectivity index (χ2v) is 8.77.